The van der Waals surface area contributed by atoms with Crippen LogP contribution >= 0.6 is 0 Å². The minimum atomic E-state index is -4.00. The van der Waals surface area contributed by atoms with E-state index in [0.29, 0.717) is 42.3 Å². The molecule has 1 aliphatic heterocycles. The van der Waals surface area contributed by atoms with Crippen LogP contribution < -0.4 is 19.5 Å². The minimum absolute atomic E-state index is 0.0178. The van der Waals surface area contributed by atoms with Crippen LogP contribution in [-0.2, 0) is 21.4 Å². The number of benzene rings is 2. The third-order valence-electron chi connectivity index (χ3n) is 4.96. The topological polar surface area (TPSA) is 93.7 Å². The van der Waals surface area contributed by atoms with Crippen LogP contribution in [0.1, 0.15) is 31.4 Å². The van der Waals surface area contributed by atoms with Crippen molar-refractivity contribution in [3.63, 3.8) is 0 Å². The van der Waals surface area contributed by atoms with E-state index in [-0.39, 0.29) is 23.2 Å². The van der Waals surface area contributed by atoms with Crippen LogP contribution in [0.5, 0.6) is 11.5 Å². The summed E-state index contributed by atoms with van der Waals surface area (Å²) >= 11 is 0. The van der Waals surface area contributed by atoms with E-state index in [1.807, 2.05) is 0 Å². The molecule has 9 heteroatoms. The van der Waals surface area contributed by atoms with E-state index in [1.54, 1.807) is 39.0 Å². The van der Waals surface area contributed by atoms with Crippen LogP contribution in [0, 0.1) is 18.7 Å². The zero-order chi connectivity index (χ0) is 22.6. The third-order valence-corrected chi connectivity index (χ3v) is 6.40. The first-order valence-corrected chi connectivity index (χ1v) is 11.6. The van der Waals surface area contributed by atoms with Gasteiger partial charge in [-0.2, -0.15) is 4.72 Å². The lowest BCUT2D eigenvalue weighted by Gasteiger charge is -2.22. The Balaban J connectivity index is 1.73. The maximum Gasteiger partial charge on any atom is 0.241 e. The Morgan fingerprint density at radius 1 is 1.10 bits per heavy atom. The van der Waals surface area contributed by atoms with Gasteiger partial charge in [0.25, 0.3) is 0 Å². The lowest BCUT2D eigenvalue weighted by atomic mass is 10.0. The summed E-state index contributed by atoms with van der Waals surface area (Å²) in [6.07, 6.45) is 0.704. The minimum Gasteiger partial charge on any atom is -0.490 e. The van der Waals surface area contributed by atoms with E-state index < -0.39 is 22.0 Å². The largest absolute Gasteiger partial charge is 0.490 e. The van der Waals surface area contributed by atoms with Gasteiger partial charge < -0.3 is 14.8 Å². The zero-order valence-corrected chi connectivity index (χ0v) is 18.6. The van der Waals surface area contributed by atoms with Crippen LogP contribution in [0.15, 0.2) is 41.3 Å². The van der Waals surface area contributed by atoms with Crippen LogP contribution in [0.25, 0.3) is 0 Å². The van der Waals surface area contributed by atoms with Crippen molar-refractivity contribution in [3.05, 3.63) is 53.3 Å². The highest BCUT2D eigenvalue weighted by Crippen LogP contribution is 2.32. The maximum absolute atomic E-state index is 13.7. The second kappa shape index (κ2) is 9.65. The molecule has 0 unspecified atom stereocenters. The number of carbonyl (C=O) groups is 1. The molecule has 3 rings (SSSR count). The van der Waals surface area contributed by atoms with Crippen molar-refractivity contribution in [2.75, 3.05) is 13.2 Å². The summed E-state index contributed by atoms with van der Waals surface area (Å²) in [4.78, 5) is 12.7. The molecule has 2 N–H and O–H groups in total. The Bertz CT molecular complexity index is 1060. The van der Waals surface area contributed by atoms with Gasteiger partial charge in [0.1, 0.15) is 11.9 Å². The van der Waals surface area contributed by atoms with E-state index in [2.05, 4.69) is 10.0 Å². The molecule has 2 aromatic carbocycles. The smallest absolute Gasteiger partial charge is 0.241 e. The predicted octanol–water partition coefficient (Wildman–Crippen LogP) is 2.91. The number of rotatable bonds is 7. The molecule has 0 saturated carbocycles. The molecule has 168 valence electrons. The Hall–Kier alpha value is -2.65. The summed E-state index contributed by atoms with van der Waals surface area (Å²) in [5, 5.41) is 2.68. The number of aryl methyl sites for hydroxylation is 1. The van der Waals surface area contributed by atoms with Crippen molar-refractivity contribution in [1.29, 1.82) is 0 Å². The number of sulfonamides is 1. The Labute approximate surface area is 182 Å². The third kappa shape index (κ3) is 5.74. The van der Waals surface area contributed by atoms with Gasteiger partial charge in [0.15, 0.2) is 11.5 Å². The first kappa shape index (κ1) is 23.0. The number of amides is 1. The van der Waals surface area contributed by atoms with E-state index in [1.165, 1.54) is 18.2 Å². The predicted molar refractivity (Wildman–Crippen MR) is 114 cm³/mol. The highest BCUT2D eigenvalue weighted by Gasteiger charge is 2.29. The van der Waals surface area contributed by atoms with Crippen molar-refractivity contribution >= 4 is 15.9 Å². The molecule has 0 fully saturated rings. The van der Waals surface area contributed by atoms with E-state index in [9.17, 15) is 17.6 Å². The second-order valence-corrected chi connectivity index (χ2v) is 9.52. The summed E-state index contributed by atoms with van der Waals surface area (Å²) in [6.45, 7) is 6.16. The van der Waals surface area contributed by atoms with Gasteiger partial charge in [0, 0.05) is 19.0 Å². The molecule has 1 aliphatic rings. The number of hydrogen-bond donors (Lipinski definition) is 2. The standard InChI is InChI=1S/C22H27FN2O5S/c1-14(2)21(22(26)24-13-16-6-5-15(3)18(23)11-16)25-31(27,28)17-7-8-19-20(12-17)30-10-4-9-29-19/h5-8,11-12,14,21,25H,4,9-10,13H2,1-3H3,(H,24,26)/t21-/m1/s1. The van der Waals surface area contributed by atoms with Crippen LogP contribution in [0.2, 0.25) is 0 Å². The van der Waals surface area contributed by atoms with Gasteiger partial charge in [-0.05, 0) is 42.2 Å². The van der Waals surface area contributed by atoms with E-state index >= 15 is 0 Å². The molecule has 0 radical (unpaired) electrons. The van der Waals surface area contributed by atoms with Gasteiger partial charge in [-0.15, -0.1) is 0 Å². The van der Waals surface area contributed by atoms with Crippen LogP contribution in [0.3, 0.4) is 0 Å². The molecule has 0 spiro atoms. The molecule has 7 nitrogen and oxygen atoms in total. The molecule has 0 aliphatic carbocycles. The fourth-order valence-corrected chi connectivity index (χ4v) is 4.44. The first-order chi connectivity index (χ1) is 14.7. The summed E-state index contributed by atoms with van der Waals surface area (Å²) in [5.74, 6) is -0.326. The molecule has 0 saturated heterocycles. The monoisotopic (exact) mass is 450 g/mol. The van der Waals surface area contributed by atoms with Crippen molar-refractivity contribution < 1.29 is 27.1 Å². The molecule has 0 aromatic heterocycles. The molecule has 1 atom stereocenters. The highest BCUT2D eigenvalue weighted by molar-refractivity contribution is 7.89. The quantitative estimate of drug-likeness (QED) is 0.677. The fourth-order valence-electron chi connectivity index (χ4n) is 3.08. The lowest BCUT2D eigenvalue weighted by Crippen LogP contribution is -2.49. The molecular formula is C22H27FN2O5S. The van der Waals surface area contributed by atoms with Crippen molar-refractivity contribution in [1.82, 2.24) is 10.0 Å². The van der Waals surface area contributed by atoms with Gasteiger partial charge in [0.05, 0.1) is 18.1 Å². The summed E-state index contributed by atoms with van der Waals surface area (Å²) < 4.78 is 53.2. The average Bonchev–Trinajstić information content (AvgIpc) is 2.97. The molecule has 0 bridgehead atoms. The van der Waals surface area contributed by atoms with Crippen LogP contribution in [0.4, 0.5) is 4.39 Å². The molecule has 2 aromatic rings. The zero-order valence-electron chi connectivity index (χ0n) is 17.8. The number of ether oxygens (including phenoxy) is 2. The molecule has 1 amide bonds. The van der Waals surface area contributed by atoms with Gasteiger partial charge in [0.2, 0.25) is 15.9 Å². The SMILES string of the molecule is Cc1ccc(CNC(=O)[C@H](NS(=O)(=O)c2ccc3c(c2)OCCCO3)C(C)C)cc1F. The van der Waals surface area contributed by atoms with Gasteiger partial charge in [-0.3, -0.25) is 4.79 Å². The number of hydrogen-bond acceptors (Lipinski definition) is 5. The highest BCUT2D eigenvalue weighted by atomic mass is 32.2. The Kier molecular flexibility index (Phi) is 7.17. The van der Waals surface area contributed by atoms with Gasteiger partial charge in [-0.1, -0.05) is 26.0 Å². The summed E-state index contributed by atoms with van der Waals surface area (Å²) in [7, 11) is -4.00. The summed E-state index contributed by atoms with van der Waals surface area (Å²) in [5.41, 5.74) is 1.10. The molecule has 31 heavy (non-hydrogen) atoms. The normalized spacial score (nSPS) is 14.7. The number of carbonyl (C=O) groups excluding carboxylic acids is 1. The van der Waals surface area contributed by atoms with Crippen molar-refractivity contribution in [3.8, 4) is 11.5 Å². The first-order valence-electron chi connectivity index (χ1n) is 10.1. The number of halogens is 1. The van der Waals surface area contributed by atoms with Gasteiger partial charge >= 0.3 is 0 Å². The van der Waals surface area contributed by atoms with Gasteiger partial charge in [-0.25, -0.2) is 12.8 Å². The fraction of sp³-hybridized carbons (Fsp3) is 0.409. The van der Waals surface area contributed by atoms with E-state index in [0.717, 1.165) is 0 Å². The van der Waals surface area contributed by atoms with Crippen molar-refractivity contribution in [2.24, 2.45) is 5.92 Å². The molecule has 1 heterocycles. The Morgan fingerprint density at radius 2 is 1.81 bits per heavy atom. The molecular weight excluding hydrogens is 423 g/mol. The number of nitrogens with one attached hydrogen (secondary N) is 2. The second-order valence-electron chi connectivity index (χ2n) is 7.80. The van der Waals surface area contributed by atoms with Crippen molar-refractivity contribution in [2.45, 2.75) is 44.7 Å². The Morgan fingerprint density at radius 3 is 2.48 bits per heavy atom. The van der Waals surface area contributed by atoms with Crippen LogP contribution in [-0.4, -0.2) is 33.6 Å². The lowest BCUT2D eigenvalue weighted by molar-refractivity contribution is -0.123. The number of fused-ring (bicyclic) bond motifs is 1. The van der Waals surface area contributed by atoms with E-state index in [4.69, 9.17) is 9.47 Å². The average molecular weight is 451 g/mol. The summed E-state index contributed by atoms with van der Waals surface area (Å²) in [6, 6.07) is 8.05. The maximum atomic E-state index is 13.7.